The van der Waals surface area contributed by atoms with Crippen LogP contribution in [0.2, 0.25) is 0 Å². The molecule has 1 aliphatic carbocycles. The van der Waals surface area contributed by atoms with Gasteiger partial charge in [-0.3, -0.25) is 4.99 Å². The third kappa shape index (κ3) is 7.89. The van der Waals surface area contributed by atoms with Crippen LogP contribution >= 0.6 is 24.0 Å². The molecule has 2 aliphatic rings. The molecular formula is C19H39IN4. The smallest absolute Gasteiger partial charge is 0.191 e. The lowest BCUT2D eigenvalue weighted by atomic mass is 10.0. The van der Waals surface area contributed by atoms with Gasteiger partial charge in [0.1, 0.15) is 0 Å². The van der Waals surface area contributed by atoms with E-state index in [2.05, 4.69) is 34.4 Å². The van der Waals surface area contributed by atoms with E-state index in [-0.39, 0.29) is 24.0 Å². The number of aliphatic imine (C=N–C) groups is 1. The number of hydrogen-bond acceptors (Lipinski definition) is 2. The van der Waals surface area contributed by atoms with Crippen molar-refractivity contribution >= 4 is 29.9 Å². The maximum absolute atomic E-state index is 4.39. The fourth-order valence-electron chi connectivity index (χ4n) is 4.01. The molecule has 0 bridgehead atoms. The Labute approximate surface area is 166 Å². The van der Waals surface area contributed by atoms with Gasteiger partial charge >= 0.3 is 0 Å². The Balaban J connectivity index is 0.00000288. The van der Waals surface area contributed by atoms with Gasteiger partial charge in [0.25, 0.3) is 0 Å². The number of unbranched alkanes of at least 4 members (excludes halogenated alkanes) is 1. The van der Waals surface area contributed by atoms with Gasteiger partial charge in [-0.2, -0.15) is 0 Å². The summed E-state index contributed by atoms with van der Waals surface area (Å²) in [6, 6.07) is 1.25. The summed E-state index contributed by atoms with van der Waals surface area (Å²) < 4.78 is 0. The Morgan fingerprint density at radius 3 is 2.33 bits per heavy atom. The van der Waals surface area contributed by atoms with Crippen molar-refractivity contribution in [2.24, 2.45) is 10.9 Å². The van der Waals surface area contributed by atoms with Crippen LogP contribution in [0.4, 0.5) is 0 Å². The molecule has 24 heavy (non-hydrogen) atoms. The topological polar surface area (TPSA) is 39.7 Å². The maximum atomic E-state index is 4.39. The second-order valence-corrected chi connectivity index (χ2v) is 7.69. The number of hydrogen-bond donors (Lipinski definition) is 2. The predicted octanol–water partition coefficient (Wildman–Crippen LogP) is 4.00. The van der Waals surface area contributed by atoms with Crippen molar-refractivity contribution in [1.29, 1.82) is 0 Å². The van der Waals surface area contributed by atoms with Crippen molar-refractivity contribution in [3.8, 4) is 0 Å². The van der Waals surface area contributed by atoms with Crippen molar-refractivity contribution in [2.45, 2.75) is 83.7 Å². The lowest BCUT2D eigenvalue weighted by molar-refractivity contribution is 0.167. The van der Waals surface area contributed by atoms with Crippen LogP contribution in [-0.2, 0) is 0 Å². The normalized spacial score (nSPS) is 21.1. The van der Waals surface area contributed by atoms with Crippen LogP contribution in [0.5, 0.6) is 0 Å². The Bertz CT molecular complexity index is 345. The van der Waals surface area contributed by atoms with E-state index in [9.17, 15) is 0 Å². The highest BCUT2D eigenvalue weighted by Gasteiger charge is 2.21. The first-order valence-electron chi connectivity index (χ1n) is 9.90. The van der Waals surface area contributed by atoms with Crippen molar-refractivity contribution in [3.05, 3.63) is 0 Å². The van der Waals surface area contributed by atoms with E-state index in [1.165, 1.54) is 70.9 Å². The average molecular weight is 450 g/mol. The van der Waals surface area contributed by atoms with E-state index in [1.807, 2.05) is 7.05 Å². The minimum Gasteiger partial charge on any atom is -0.356 e. The highest BCUT2D eigenvalue weighted by Crippen LogP contribution is 2.28. The molecule has 2 N–H and O–H groups in total. The largest absolute Gasteiger partial charge is 0.356 e. The lowest BCUT2D eigenvalue weighted by Gasteiger charge is -2.35. The fourth-order valence-corrected chi connectivity index (χ4v) is 4.01. The lowest BCUT2D eigenvalue weighted by Crippen LogP contribution is -2.49. The van der Waals surface area contributed by atoms with Crippen molar-refractivity contribution in [1.82, 2.24) is 15.5 Å². The quantitative estimate of drug-likeness (QED) is 0.267. The molecule has 0 radical (unpaired) electrons. The summed E-state index contributed by atoms with van der Waals surface area (Å²) in [5.41, 5.74) is 0. The molecule has 1 saturated carbocycles. The minimum absolute atomic E-state index is 0. The molecule has 2 rings (SSSR count). The molecule has 0 amide bonds. The Kier molecular flexibility index (Phi) is 11.3. The van der Waals surface area contributed by atoms with Crippen LogP contribution in [-0.4, -0.2) is 49.6 Å². The number of likely N-dealkylation sites (tertiary alicyclic amines) is 1. The van der Waals surface area contributed by atoms with E-state index in [0.29, 0.717) is 12.1 Å². The zero-order chi connectivity index (χ0) is 16.5. The minimum atomic E-state index is 0. The average Bonchev–Trinajstić information content (AvgIpc) is 3.07. The Morgan fingerprint density at radius 1 is 1.08 bits per heavy atom. The molecule has 0 aromatic carbocycles. The summed E-state index contributed by atoms with van der Waals surface area (Å²) in [7, 11) is 1.89. The van der Waals surface area contributed by atoms with E-state index >= 15 is 0 Å². The molecule has 0 unspecified atom stereocenters. The number of nitrogens with zero attached hydrogens (tertiary/aromatic N) is 2. The molecule has 142 valence electrons. The fraction of sp³-hybridized carbons (Fsp3) is 0.947. The van der Waals surface area contributed by atoms with Gasteiger partial charge in [-0.05, 0) is 39.0 Å². The third-order valence-electron chi connectivity index (χ3n) is 5.63. The van der Waals surface area contributed by atoms with Gasteiger partial charge in [-0.15, -0.1) is 24.0 Å². The van der Waals surface area contributed by atoms with Gasteiger partial charge in [0.2, 0.25) is 0 Å². The summed E-state index contributed by atoms with van der Waals surface area (Å²) in [6.07, 6.45) is 12.4. The first kappa shape index (κ1) is 22.0. The SMILES string of the molecule is CN=C(NCCCCC1CCCC1)NC1CCN(C(C)C)CC1.I. The van der Waals surface area contributed by atoms with E-state index < -0.39 is 0 Å². The summed E-state index contributed by atoms with van der Waals surface area (Å²) in [5, 5.41) is 7.11. The molecule has 5 heteroatoms. The Hall–Kier alpha value is -0.0400. The number of guanidine groups is 1. The number of piperidine rings is 1. The number of halogens is 1. The number of nitrogens with one attached hydrogen (secondary N) is 2. The van der Waals surface area contributed by atoms with Crippen LogP contribution in [0.25, 0.3) is 0 Å². The van der Waals surface area contributed by atoms with Gasteiger partial charge in [0.15, 0.2) is 5.96 Å². The molecule has 1 heterocycles. The molecule has 0 aromatic heterocycles. The monoisotopic (exact) mass is 450 g/mol. The van der Waals surface area contributed by atoms with Gasteiger partial charge in [-0.25, -0.2) is 0 Å². The highest BCUT2D eigenvalue weighted by molar-refractivity contribution is 14.0. The second kappa shape index (κ2) is 12.3. The maximum Gasteiger partial charge on any atom is 0.191 e. The first-order chi connectivity index (χ1) is 11.2. The van der Waals surface area contributed by atoms with Crippen LogP contribution < -0.4 is 10.6 Å². The highest BCUT2D eigenvalue weighted by atomic mass is 127. The van der Waals surface area contributed by atoms with E-state index in [4.69, 9.17) is 0 Å². The van der Waals surface area contributed by atoms with E-state index in [1.54, 1.807) is 0 Å². The van der Waals surface area contributed by atoms with Crippen LogP contribution in [0.1, 0.15) is 71.6 Å². The summed E-state index contributed by atoms with van der Waals surface area (Å²) >= 11 is 0. The summed E-state index contributed by atoms with van der Waals surface area (Å²) in [5.74, 6) is 2.02. The third-order valence-corrected chi connectivity index (χ3v) is 5.63. The molecule has 0 spiro atoms. The van der Waals surface area contributed by atoms with Crippen molar-refractivity contribution in [3.63, 3.8) is 0 Å². The molecule has 1 aliphatic heterocycles. The van der Waals surface area contributed by atoms with Crippen LogP contribution in [0.15, 0.2) is 4.99 Å². The molecule has 2 fully saturated rings. The predicted molar refractivity (Wildman–Crippen MR) is 115 cm³/mol. The molecule has 0 atom stereocenters. The molecule has 1 saturated heterocycles. The first-order valence-corrected chi connectivity index (χ1v) is 9.90. The van der Waals surface area contributed by atoms with Gasteiger partial charge in [0.05, 0.1) is 0 Å². The zero-order valence-corrected chi connectivity index (χ0v) is 18.4. The second-order valence-electron chi connectivity index (χ2n) is 7.69. The molecule has 4 nitrogen and oxygen atoms in total. The van der Waals surface area contributed by atoms with Crippen molar-refractivity contribution in [2.75, 3.05) is 26.7 Å². The van der Waals surface area contributed by atoms with Gasteiger partial charge < -0.3 is 15.5 Å². The van der Waals surface area contributed by atoms with Gasteiger partial charge in [-0.1, -0.05) is 38.5 Å². The van der Waals surface area contributed by atoms with Gasteiger partial charge in [0, 0.05) is 38.8 Å². The molecule has 0 aromatic rings. The number of rotatable bonds is 7. The summed E-state index contributed by atoms with van der Waals surface area (Å²) in [4.78, 5) is 6.96. The van der Waals surface area contributed by atoms with Crippen molar-refractivity contribution < 1.29 is 0 Å². The summed E-state index contributed by atoms with van der Waals surface area (Å²) in [6.45, 7) is 8.04. The zero-order valence-electron chi connectivity index (χ0n) is 16.0. The van der Waals surface area contributed by atoms with Crippen LogP contribution in [0.3, 0.4) is 0 Å². The Morgan fingerprint density at radius 2 is 1.75 bits per heavy atom. The van der Waals surface area contributed by atoms with E-state index in [0.717, 1.165) is 18.4 Å². The molecular weight excluding hydrogens is 411 g/mol. The van der Waals surface area contributed by atoms with Crippen LogP contribution in [0, 0.1) is 5.92 Å². The standard InChI is InChI=1S/C19H38N4.HI/c1-16(2)23-14-11-18(12-15-23)22-19(20-3)21-13-7-6-10-17-8-4-5-9-17;/h16-18H,4-15H2,1-3H3,(H2,20,21,22);1H.